The van der Waals surface area contributed by atoms with Gasteiger partial charge in [0.1, 0.15) is 6.54 Å². The molecule has 0 unspecified atom stereocenters. The number of thiazole rings is 1. The van der Waals surface area contributed by atoms with Crippen molar-refractivity contribution in [2.45, 2.75) is 77.7 Å². The summed E-state index contributed by atoms with van der Waals surface area (Å²) in [7, 11) is 0. The first kappa shape index (κ1) is 25.6. The van der Waals surface area contributed by atoms with Crippen molar-refractivity contribution >= 4 is 34.2 Å². The quantitative estimate of drug-likeness (QED) is 0.540. The Morgan fingerprint density at radius 2 is 1.79 bits per heavy atom. The summed E-state index contributed by atoms with van der Waals surface area (Å²) in [5.41, 5.74) is 0.643. The molecule has 2 aliphatic rings. The summed E-state index contributed by atoms with van der Waals surface area (Å²) < 4.78 is 0. The Morgan fingerprint density at radius 1 is 1.09 bits per heavy atom. The number of nitrogens with zero attached hydrogens (tertiary/aromatic N) is 3. The Labute approximate surface area is 201 Å². The van der Waals surface area contributed by atoms with E-state index in [9.17, 15) is 14.4 Å². The van der Waals surface area contributed by atoms with Gasteiger partial charge < -0.3 is 20.4 Å². The maximum Gasteiger partial charge on any atom is 0.245 e. The third-order valence-corrected chi connectivity index (χ3v) is 7.32. The molecule has 3 rings (SSSR count). The van der Waals surface area contributed by atoms with Crippen LogP contribution in [0.4, 0.5) is 5.13 Å². The summed E-state index contributed by atoms with van der Waals surface area (Å²) in [6.07, 6.45) is 9.18. The van der Waals surface area contributed by atoms with Gasteiger partial charge >= 0.3 is 0 Å². The van der Waals surface area contributed by atoms with Gasteiger partial charge in [-0.3, -0.25) is 14.4 Å². The molecule has 0 spiro atoms. The van der Waals surface area contributed by atoms with Gasteiger partial charge in [-0.05, 0) is 52.6 Å². The van der Waals surface area contributed by atoms with E-state index in [1.807, 2.05) is 13.8 Å². The van der Waals surface area contributed by atoms with E-state index >= 15 is 0 Å². The lowest BCUT2D eigenvalue weighted by Crippen LogP contribution is -2.45. The standard InChI is InChI=1S/C24H39N5O3S/c1-18(2)29(23(32)19-9-5-3-6-10-19)16-22(31)27-24-26-20(17-33-24)15-21(30)25-11-14-28-12-7-4-8-13-28/h17-19H,3-16H2,1-2H3,(H,25,30)(H,26,27,31). The molecular formula is C24H39N5O3S. The average Bonchev–Trinajstić information content (AvgIpc) is 3.24. The summed E-state index contributed by atoms with van der Waals surface area (Å²) in [6.45, 7) is 7.68. The summed E-state index contributed by atoms with van der Waals surface area (Å²) >= 11 is 1.30. The molecule has 0 atom stereocenters. The Kier molecular flexibility index (Phi) is 10.1. The van der Waals surface area contributed by atoms with Gasteiger partial charge in [-0.25, -0.2) is 4.98 Å². The number of aromatic nitrogens is 1. The third kappa shape index (κ3) is 8.37. The molecule has 8 nitrogen and oxygen atoms in total. The van der Waals surface area contributed by atoms with Crippen molar-refractivity contribution in [2.24, 2.45) is 5.92 Å². The predicted molar refractivity (Wildman–Crippen MR) is 131 cm³/mol. The number of anilines is 1. The van der Waals surface area contributed by atoms with Crippen LogP contribution in [0.5, 0.6) is 0 Å². The van der Waals surface area contributed by atoms with Crippen LogP contribution in [0.1, 0.15) is 70.9 Å². The smallest absolute Gasteiger partial charge is 0.245 e. The first-order valence-electron chi connectivity index (χ1n) is 12.5. The molecule has 33 heavy (non-hydrogen) atoms. The second kappa shape index (κ2) is 13.0. The predicted octanol–water partition coefficient (Wildman–Crippen LogP) is 3.04. The van der Waals surface area contributed by atoms with E-state index in [4.69, 9.17) is 0 Å². The molecule has 1 aromatic heterocycles. The van der Waals surface area contributed by atoms with Gasteiger partial charge in [0.15, 0.2) is 5.13 Å². The summed E-state index contributed by atoms with van der Waals surface area (Å²) in [6, 6.07) is -0.0364. The molecule has 1 saturated heterocycles. The third-order valence-electron chi connectivity index (χ3n) is 6.51. The van der Waals surface area contributed by atoms with Gasteiger partial charge in [0.05, 0.1) is 12.1 Å². The molecule has 2 fully saturated rings. The van der Waals surface area contributed by atoms with E-state index in [0.29, 0.717) is 17.4 Å². The monoisotopic (exact) mass is 477 g/mol. The van der Waals surface area contributed by atoms with E-state index in [2.05, 4.69) is 20.5 Å². The number of carbonyl (C=O) groups excluding carboxylic acids is 3. The molecule has 3 amide bonds. The number of carbonyl (C=O) groups is 3. The van der Waals surface area contributed by atoms with Crippen LogP contribution in [0.2, 0.25) is 0 Å². The maximum atomic E-state index is 12.9. The van der Waals surface area contributed by atoms with E-state index < -0.39 is 0 Å². The van der Waals surface area contributed by atoms with Crippen molar-refractivity contribution in [3.05, 3.63) is 11.1 Å². The fourth-order valence-electron chi connectivity index (χ4n) is 4.62. The normalized spacial score (nSPS) is 17.7. The largest absolute Gasteiger partial charge is 0.354 e. The molecular weight excluding hydrogens is 438 g/mol. The highest BCUT2D eigenvalue weighted by Crippen LogP contribution is 2.26. The van der Waals surface area contributed by atoms with E-state index in [1.54, 1.807) is 10.3 Å². The Bertz CT molecular complexity index is 785. The molecule has 1 saturated carbocycles. The topological polar surface area (TPSA) is 94.6 Å². The number of hydrogen-bond donors (Lipinski definition) is 2. The van der Waals surface area contributed by atoms with Crippen LogP contribution in [-0.4, -0.2) is 71.3 Å². The van der Waals surface area contributed by atoms with Gasteiger partial charge in [0, 0.05) is 30.4 Å². The minimum absolute atomic E-state index is 0.0267. The fourth-order valence-corrected chi connectivity index (χ4v) is 5.35. The number of hydrogen-bond acceptors (Lipinski definition) is 6. The van der Waals surface area contributed by atoms with Crippen molar-refractivity contribution in [3.63, 3.8) is 0 Å². The SMILES string of the molecule is CC(C)N(CC(=O)Nc1nc(CC(=O)NCCN2CCCCC2)cs1)C(=O)C1CCCCC1. The molecule has 2 N–H and O–H groups in total. The Morgan fingerprint density at radius 3 is 2.48 bits per heavy atom. The Balaban J connectivity index is 1.42. The number of amides is 3. The molecule has 1 aromatic rings. The molecule has 2 heterocycles. The van der Waals surface area contributed by atoms with Crippen molar-refractivity contribution in [2.75, 3.05) is 38.0 Å². The number of piperidine rings is 1. The lowest BCUT2D eigenvalue weighted by molar-refractivity contribution is -0.141. The lowest BCUT2D eigenvalue weighted by Gasteiger charge is -2.31. The van der Waals surface area contributed by atoms with Crippen molar-refractivity contribution in [1.82, 2.24) is 20.1 Å². The highest BCUT2D eigenvalue weighted by atomic mass is 32.1. The second-order valence-electron chi connectivity index (χ2n) is 9.52. The van der Waals surface area contributed by atoms with Crippen LogP contribution in [0, 0.1) is 5.92 Å². The van der Waals surface area contributed by atoms with E-state index in [1.165, 1.54) is 37.0 Å². The first-order chi connectivity index (χ1) is 15.9. The minimum atomic E-state index is -0.250. The highest BCUT2D eigenvalue weighted by molar-refractivity contribution is 7.13. The lowest BCUT2D eigenvalue weighted by atomic mass is 9.88. The van der Waals surface area contributed by atoms with Crippen LogP contribution >= 0.6 is 11.3 Å². The van der Waals surface area contributed by atoms with E-state index in [0.717, 1.165) is 45.3 Å². The maximum absolute atomic E-state index is 12.9. The van der Waals surface area contributed by atoms with Crippen molar-refractivity contribution in [1.29, 1.82) is 0 Å². The Hall–Kier alpha value is -2.00. The number of nitrogens with one attached hydrogen (secondary N) is 2. The second-order valence-corrected chi connectivity index (χ2v) is 10.4. The number of likely N-dealkylation sites (tertiary alicyclic amines) is 1. The first-order valence-corrected chi connectivity index (χ1v) is 13.3. The van der Waals surface area contributed by atoms with Crippen LogP contribution in [0.25, 0.3) is 0 Å². The van der Waals surface area contributed by atoms with E-state index in [-0.39, 0.29) is 42.6 Å². The zero-order valence-electron chi connectivity index (χ0n) is 20.1. The summed E-state index contributed by atoms with van der Waals surface area (Å²) in [4.78, 5) is 46.2. The molecule has 9 heteroatoms. The van der Waals surface area contributed by atoms with Gasteiger partial charge in [0.25, 0.3) is 0 Å². The van der Waals surface area contributed by atoms with Crippen LogP contribution in [-0.2, 0) is 20.8 Å². The van der Waals surface area contributed by atoms with Crippen molar-refractivity contribution in [3.8, 4) is 0 Å². The highest BCUT2D eigenvalue weighted by Gasteiger charge is 2.29. The zero-order chi connectivity index (χ0) is 23.6. The molecule has 1 aliphatic heterocycles. The van der Waals surface area contributed by atoms with Gasteiger partial charge in [0.2, 0.25) is 17.7 Å². The van der Waals surface area contributed by atoms with Crippen molar-refractivity contribution < 1.29 is 14.4 Å². The van der Waals surface area contributed by atoms with Gasteiger partial charge in [-0.15, -0.1) is 11.3 Å². The molecule has 0 aromatic carbocycles. The molecule has 0 radical (unpaired) electrons. The van der Waals surface area contributed by atoms with Gasteiger partial charge in [-0.1, -0.05) is 25.7 Å². The summed E-state index contributed by atoms with van der Waals surface area (Å²) in [5.74, 6) is -0.186. The van der Waals surface area contributed by atoms with Crippen LogP contribution < -0.4 is 10.6 Å². The van der Waals surface area contributed by atoms with Crippen LogP contribution in [0.15, 0.2) is 5.38 Å². The van der Waals surface area contributed by atoms with Gasteiger partial charge in [-0.2, -0.15) is 0 Å². The fraction of sp³-hybridized carbons (Fsp3) is 0.750. The van der Waals surface area contributed by atoms with Crippen LogP contribution in [0.3, 0.4) is 0 Å². The molecule has 0 bridgehead atoms. The summed E-state index contributed by atoms with van der Waals surface area (Å²) in [5, 5.41) is 8.03. The average molecular weight is 478 g/mol. The number of rotatable bonds is 10. The minimum Gasteiger partial charge on any atom is -0.354 e. The molecule has 1 aliphatic carbocycles. The molecule has 184 valence electrons. The zero-order valence-corrected chi connectivity index (χ0v) is 20.9.